The number of amides is 1. The van der Waals surface area contributed by atoms with Crippen LogP contribution in [0.25, 0.3) is 0 Å². The molecule has 1 aliphatic rings. The maximum Gasteiger partial charge on any atom is 0.340 e. The fourth-order valence-corrected chi connectivity index (χ4v) is 2.60. The molecule has 2 aromatic carbocycles. The number of rotatable bonds is 8. The summed E-state index contributed by atoms with van der Waals surface area (Å²) in [6.45, 7) is 2.65. The van der Waals surface area contributed by atoms with Crippen LogP contribution in [0.1, 0.15) is 30.1 Å². The van der Waals surface area contributed by atoms with Crippen molar-refractivity contribution >= 4 is 23.3 Å². The number of ether oxygens (including phenoxy) is 3. The molecule has 27 heavy (non-hydrogen) atoms. The fourth-order valence-electron chi connectivity index (χ4n) is 2.60. The van der Waals surface area contributed by atoms with Crippen LogP contribution in [0.2, 0.25) is 0 Å². The van der Waals surface area contributed by atoms with Crippen LogP contribution in [-0.2, 0) is 9.53 Å². The summed E-state index contributed by atoms with van der Waals surface area (Å²) in [5, 5.41) is 5.89. The van der Waals surface area contributed by atoms with E-state index in [4.69, 9.17) is 14.2 Å². The summed E-state index contributed by atoms with van der Waals surface area (Å²) < 4.78 is 15.6. The monoisotopic (exact) mass is 370 g/mol. The van der Waals surface area contributed by atoms with Crippen molar-refractivity contribution in [2.75, 3.05) is 30.6 Å². The first kappa shape index (κ1) is 18.6. The van der Waals surface area contributed by atoms with Gasteiger partial charge in [0.2, 0.25) is 6.79 Å². The molecule has 0 spiro atoms. The Hall–Kier alpha value is -3.22. The van der Waals surface area contributed by atoms with Gasteiger partial charge in [-0.3, -0.25) is 4.79 Å². The molecular formula is C20H22N2O5. The van der Waals surface area contributed by atoms with Gasteiger partial charge in [0.15, 0.2) is 18.1 Å². The zero-order chi connectivity index (χ0) is 19.1. The summed E-state index contributed by atoms with van der Waals surface area (Å²) in [6.07, 6.45) is 2.06. The normalized spacial score (nSPS) is 11.7. The lowest BCUT2D eigenvalue weighted by Gasteiger charge is -2.11. The number of para-hydroxylation sites is 1. The minimum absolute atomic E-state index is 0.163. The lowest BCUT2D eigenvalue weighted by Crippen LogP contribution is -2.21. The van der Waals surface area contributed by atoms with Gasteiger partial charge in [-0.25, -0.2) is 4.79 Å². The van der Waals surface area contributed by atoms with E-state index in [1.807, 2.05) is 12.1 Å². The van der Waals surface area contributed by atoms with E-state index in [9.17, 15) is 9.59 Å². The van der Waals surface area contributed by atoms with E-state index >= 15 is 0 Å². The maximum absolute atomic E-state index is 12.3. The molecule has 7 nitrogen and oxygen atoms in total. The Bertz CT molecular complexity index is 822. The van der Waals surface area contributed by atoms with Crippen LogP contribution < -0.4 is 20.1 Å². The predicted molar refractivity (Wildman–Crippen MR) is 101 cm³/mol. The van der Waals surface area contributed by atoms with Crippen molar-refractivity contribution in [1.29, 1.82) is 0 Å². The average Bonchev–Trinajstić information content (AvgIpc) is 3.14. The summed E-state index contributed by atoms with van der Waals surface area (Å²) in [5.41, 5.74) is 1.65. The van der Waals surface area contributed by atoms with E-state index in [2.05, 4.69) is 17.6 Å². The molecule has 1 aliphatic heterocycles. The van der Waals surface area contributed by atoms with E-state index in [1.54, 1.807) is 30.3 Å². The third-order valence-corrected chi connectivity index (χ3v) is 3.98. The minimum atomic E-state index is -0.546. The molecule has 3 rings (SSSR count). The number of carbonyl (C=O) groups is 2. The molecule has 0 saturated heterocycles. The topological polar surface area (TPSA) is 85.9 Å². The fraction of sp³-hybridized carbons (Fsp3) is 0.300. The molecule has 7 heteroatoms. The van der Waals surface area contributed by atoms with Gasteiger partial charge in [-0.15, -0.1) is 0 Å². The van der Waals surface area contributed by atoms with Gasteiger partial charge >= 0.3 is 5.97 Å². The van der Waals surface area contributed by atoms with Crippen LogP contribution in [0.4, 0.5) is 11.4 Å². The van der Waals surface area contributed by atoms with Crippen molar-refractivity contribution in [2.24, 2.45) is 0 Å². The number of nitrogens with one attached hydrogen (secondary N) is 2. The van der Waals surface area contributed by atoms with Gasteiger partial charge in [0, 0.05) is 24.0 Å². The van der Waals surface area contributed by atoms with Crippen molar-refractivity contribution in [3.05, 3.63) is 48.0 Å². The van der Waals surface area contributed by atoms with E-state index in [0.29, 0.717) is 28.4 Å². The third kappa shape index (κ3) is 4.91. The zero-order valence-electron chi connectivity index (χ0n) is 15.1. The first-order chi connectivity index (χ1) is 13.2. The Morgan fingerprint density at radius 3 is 2.78 bits per heavy atom. The summed E-state index contributed by atoms with van der Waals surface area (Å²) in [4.78, 5) is 24.4. The molecule has 0 saturated carbocycles. The van der Waals surface area contributed by atoms with E-state index in [-0.39, 0.29) is 13.4 Å². The summed E-state index contributed by atoms with van der Waals surface area (Å²) in [6, 6.07) is 12.2. The van der Waals surface area contributed by atoms with Gasteiger partial charge in [0.05, 0.1) is 5.56 Å². The molecule has 1 amide bonds. The highest BCUT2D eigenvalue weighted by molar-refractivity contribution is 5.98. The maximum atomic E-state index is 12.3. The zero-order valence-corrected chi connectivity index (χ0v) is 15.1. The molecular weight excluding hydrogens is 348 g/mol. The summed E-state index contributed by atoms with van der Waals surface area (Å²) in [7, 11) is 0. The molecule has 0 bridgehead atoms. The molecule has 0 aliphatic carbocycles. The molecule has 1 heterocycles. The van der Waals surface area contributed by atoms with Crippen molar-refractivity contribution in [1.82, 2.24) is 0 Å². The number of anilines is 2. The van der Waals surface area contributed by atoms with Crippen molar-refractivity contribution < 1.29 is 23.8 Å². The molecule has 0 atom stereocenters. The molecule has 2 aromatic rings. The lowest BCUT2D eigenvalue weighted by molar-refractivity contribution is -0.119. The average molecular weight is 370 g/mol. The number of esters is 1. The second-order valence-corrected chi connectivity index (χ2v) is 6.02. The molecule has 0 aromatic heterocycles. The summed E-state index contributed by atoms with van der Waals surface area (Å²) >= 11 is 0. The lowest BCUT2D eigenvalue weighted by atomic mass is 10.1. The Kier molecular flexibility index (Phi) is 6.14. The van der Waals surface area contributed by atoms with E-state index in [0.717, 1.165) is 19.4 Å². The SMILES string of the molecule is CCCCNc1ccccc1C(=O)OCC(=O)Nc1ccc2c(c1)OCO2. The molecule has 0 fully saturated rings. The van der Waals surface area contributed by atoms with Crippen molar-refractivity contribution in [3.63, 3.8) is 0 Å². The largest absolute Gasteiger partial charge is 0.454 e. The van der Waals surface area contributed by atoms with Crippen LogP contribution in [0.15, 0.2) is 42.5 Å². The Balaban J connectivity index is 1.53. The van der Waals surface area contributed by atoms with E-state index < -0.39 is 11.9 Å². The highest BCUT2D eigenvalue weighted by Gasteiger charge is 2.16. The van der Waals surface area contributed by atoms with Crippen LogP contribution in [0.5, 0.6) is 11.5 Å². The van der Waals surface area contributed by atoms with Gasteiger partial charge in [0.25, 0.3) is 5.91 Å². The number of hydrogen-bond donors (Lipinski definition) is 2. The van der Waals surface area contributed by atoms with Gasteiger partial charge in [0.1, 0.15) is 0 Å². The van der Waals surface area contributed by atoms with Crippen molar-refractivity contribution in [2.45, 2.75) is 19.8 Å². The first-order valence-electron chi connectivity index (χ1n) is 8.87. The Morgan fingerprint density at radius 2 is 1.93 bits per heavy atom. The van der Waals surface area contributed by atoms with Crippen LogP contribution in [-0.4, -0.2) is 31.8 Å². The quantitative estimate of drug-likeness (QED) is 0.547. The van der Waals surface area contributed by atoms with Gasteiger partial charge in [-0.1, -0.05) is 25.5 Å². The van der Waals surface area contributed by atoms with Crippen molar-refractivity contribution in [3.8, 4) is 11.5 Å². The Morgan fingerprint density at radius 1 is 1.11 bits per heavy atom. The number of fused-ring (bicyclic) bond motifs is 1. The highest BCUT2D eigenvalue weighted by atomic mass is 16.7. The molecule has 2 N–H and O–H groups in total. The van der Waals surface area contributed by atoms with E-state index in [1.165, 1.54) is 0 Å². The van der Waals surface area contributed by atoms with Gasteiger partial charge < -0.3 is 24.8 Å². The number of benzene rings is 2. The number of carbonyl (C=O) groups excluding carboxylic acids is 2. The third-order valence-electron chi connectivity index (χ3n) is 3.98. The molecule has 0 unspecified atom stereocenters. The van der Waals surface area contributed by atoms with Crippen LogP contribution in [0, 0.1) is 0 Å². The van der Waals surface area contributed by atoms with Crippen LogP contribution in [0.3, 0.4) is 0 Å². The highest BCUT2D eigenvalue weighted by Crippen LogP contribution is 2.34. The second-order valence-electron chi connectivity index (χ2n) is 6.02. The van der Waals surface area contributed by atoms with Gasteiger partial charge in [-0.05, 0) is 30.7 Å². The smallest absolute Gasteiger partial charge is 0.340 e. The standard InChI is InChI=1S/C20H22N2O5/c1-2-3-10-21-16-7-5-4-6-15(16)20(24)25-12-19(23)22-14-8-9-17-18(11-14)27-13-26-17/h4-9,11,21H,2-3,10,12-13H2,1H3,(H,22,23). The molecule has 142 valence electrons. The van der Waals surface area contributed by atoms with Crippen LogP contribution >= 0.6 is 0 Å². The summed E-state index contributed by atoms with van der Waals surface area (Å²) in [5.74, 6) is 0.220. The Labute approximate surface area is 157 Å². The van der Waals surface area contributed by atoms with Gasteiger partial charge in [-0.2, -0.15) is 0 Å². The second kappa shape index (κ2) is 8.93. The first-order valence-corrected chi connectivity index (χ1v) is 8.87. The number of hydrogen-bond acceptors (Lipinski definition) is 6. The number of unbranched alkanes of at least 4 members (excludes halogenated alkanes) is 1. The molecule has 0 radical (unpaired) electrons. The minimum Gasteiger partial charge on any atom is -0.454 e. The predicted octanol–water partition coefficient (Wildman–Crippen LogP) is 3.42.